The molecular weight excluding hydrogens is 338 g/mol. The molecule has 0 radical (unpaired) electrons. The average molecular weight is 363 g/mol. The molecule has 1 amide bonds. The van der Waals surface area contributed by atoms with Gasteiger partial charge in [0.05, 0.1) is 17.6 Å². The van der Waals surface area contributed by atoms with Crippen molar-refractivity contribution in [1.29, 1.82) is 0 Å². The predicted molar refractivity (Wildman–Crippen MR) is 109 cm³/mol. The average Bonchev–Trinajstić information content (AvgIpc) is 2.59. The molecule has 0 aliphatic rings. The fourth-order valence-electron chi connectivity index (χ4n) is 2.98. The molecular formula is C22H25N3O2. The highest BCUT2D eigenvalue weighted by Gasteiger charge is 2.19. The van der Waals surface area contributed by atoms with Crippen molar-refractivity contribution in [3.05, 3.63) is 58.3 Å². The summed E-state index contributed by atoms with van der Waals surface area (Å²) in [4.78, 5) is 22.1. The number of aryl methyl sites for hydroxylation is 4. The summed E-state index contributed by atoms with van der Waals surface area (Å²) < 4.78 is 5.74. The van der Waals surface area contributed by atoms with Crippen LogP contribution in [0.1, 0.15) is 46.1 Å². The van der Waals surface area contributed by atoms with Gasteiger partial charge < -0.3 is 10.1 Å². The number of carbonyl (C=O) groups is 1. The third-order valence-electron chi connectivity index (χ3n) is 4.39. The Balaban J connectivity index is 2.03. The first-order chi connectivity index (χ1) is 12.9. The van der Waals surface area contributed by atoms with Crippen molar-refractivity contribution in [1.82, 2.24) is 9.97 Å². The van der Waals surface area contributed by atoms with Crippen molar-refractivity contribution in [3.63, 3.8) is 0 Å². The molecule has 5 nitrogen and oxygen atoms in total. The smallest absolute Gasteiger partial charge is 0.279 e. The molecule has 1 heterocycles. The van der Waals surface area contributed by atoms with Crippen LogP contribution in [0.4, 0.5) is 5.69 Å². The van der Waals surface area contributed by atoms with Gasteiger partial charge in [-0.05, 0) is 80.6 Å². The second kappa shape index (κ2) is 7.74. The fraction of sp³-hybridized carbons (Fsp3) is 0.318. The Morgan fingerprint density at radius 3 is 2.11 bits per heavy atom. The van der Waals surface area contributed by atoms with Crippen LogP contribution >= 0.6 is 0 Å². The molecule has 27 heavy (non-hydrogen) atoms. The molecule has 0 saturated carbocycles. The van der Waals surface area contributed by atoms with Crippen LogP contribution < -0.4 is 10.1 Å². The first kappa shape index (κ1) is 18.8. The van der Waals surface area contributed by atoms with E-state index >= 15 is 0 Å². The minimum absolute atomic E-state index is 0.207. The monoisotopic (exact) mass is 363 g/mol. The van der Waals surface area contributed by atoms with Crippen molar-refractivity contribution in [2.75, 3.05) is 11.9 Å². The van der Waals surface area contributed by atoms with Gasteiger partial charge in [0.25, 0.3) is 5.91 Å². The van der Waals surface area contributed by atoms with Gasteiger partial charge in [0, 0.05) is 5.69 Å². The lowest BCUT2D eigenvalue weighted by atomic mass is 10.1. The predicted octanol–water partition coefficient (Wildman–Crippen LogP) is 4.90. The number of rotatable bonds is 5. The van der Waals surface area contributed by atoms with Gasteiger partial charge >= 0.3 is 0 Å². The second-order valence-corrected chi connectivity index (χ2v) is 6.98. The molecule has 1 N–H and O–H groups in total. The highest BCUT2D eigenvalue weighted by molar-refractivity contribution is 6.05. The molecule has 0 bridgehead atoms. The van der Waals surface area contributed by atoms with E-state index in [1.807, 2.05) is 58.9 Å². The Labute approximate surface area is 159 Å². The van der Waals surface area contributed by atoms with Crippen molar-refractivity contribution in [2.45, 2.75) is 41.0 Å². The topological polar surface area (TPSA) is 64.1 Å². The summed E-state index contributed by atoms with van der Waals surface area (Å²) in [7, 11) is 0. The summed E-state index contributed by atoms with van der Waals surface area (Å²) >= 11 is 0. The van der Waals surface area contributed by atoms with Gasteiger partial charge in [0.15, 0.2) is 5.69 Å². The van der Waals surface area contributed by atoms with Crippen LogP contribution in [-0.4, -0.2) is 22.5 Å². The van der Waals surface area contributed by atoms with Crippen LogP contribution in [0.5, 0.6) is 5.88 Å². The van der Waals surface area contributed by atoms with Gasteiger partial charge in [-0.25, -0.2) is 9.97 Å². The molecule has 0 aliphatic heterocycles. The highest BCUT2D eigenvalue weighted by atomic mass is 16.5. The lowest BCUT2D eigenvalue weighted by molar-refractivity contribution is 0.101. The van der Waals surface area contributed by atoms with Gasteiger partial charge in [-0.15, -0.1) is 0 Å². The number of anilines is 1. The molecule has 1 aromatic heterocycles. The van der Waals surface area contributed by atoms with E-state index in [2.05, 4.69) is 21.4 Å². The van der Waals surface area contributed by atoms with E-state index in [-0.39, 0.29) is 17.5 Å². The summed E-state index contributed by atoms with van der Waals surface area (Å²) in [6.07, 6.45) is 0.824. The van der Waals surface area contributed by atoms with Crippen LogP contribution in [0.3, 0.4) is 0 Å². The number of nitrogens with one attached hydrogen (secondary N) is 1. The normalized spacial score (nSPS) is 10.9. The van der Waals surface area contributed by atoms with Gasteiger partial charge in [-0.1, -0.05) is 13.0 Å². The highest BCUT2D eigenvalue weighted by Crippen LogP contribution is 2.23. The van der Waals surface area contributed by atoms with E-state index in [9.17, 15) is 4.79 Å². The summed E-state index contributed by atoms with van der Waals surface area (Å²) in [6.45, 7) is 10.5. The molecule has 0 aliphatic carbocycles. The van der Waals surface area contributed by atoms with Crippen LogP contribution in [0.25, 0.3) is 11.0 Å². The SMILES string of the molecule is CCCOc1nc2cc(C)c(C)cc2nc1C(=O)Nc1cc(C)cc(C)c1. The Bertz CT molecular complexity index is 992. The van der Waals surface area contributed by atoms with E-state index in [1.54, 1.807) is 0 Å². The summed E-state index contributed by atoms with van der Waals surface area (Å²) in [5.41, 5.74) is 6.77. The van der Waals surface area contributed by atoms with Gasteiger partial charge in [-0.3, -0.25) is 4.79 Å². The van der Waals surface area contributed by atoms with Gasteiger partial charge in [0.1, 0.15) is 0 Å². The molecule has 0 unspecified atom stereocenters. The molecule has 3 aromatic rings. The number of hydrogen-bond donors (Lipinski definition) is 1. The van der Waals surface area contributed by atoms with E-state index in [0.29, 0.717) is 12.1 Å². The molecule has 140 valence electrons. The van der Waals surface area contributed by atoms with Crippen LogP contribution in [0.2, 0.25) is 0 Å². The largest absolute Gasteiger partial charge is 0.476 e. The first-order valence-electron chi connectivity index (χ1n) is 9.19. The number of nitrogens with zero attached hydrogens (tertiary/aromatic N) is 2. The Kier molecular flexibility index (Phi) is 5.40. The van der Waals surface area contributed by atoms with Crippen LogP contribution in [0, 0.1) is 27.7 Å². The number of benzene rings is 2. The second-order valence-electron chi connectivity index (χ2n) is 6.98. The maximum atomic E-state index is 12.9. The molecule has 0 spiro atoms. The molecule has 5 heteroatoms. The first-order valence-corrected chi connectivity index (χ1v) is 9.19. The van der Waals surface area contributed by atoms with Crippen molar-refractivity contribution >= 4 is 22.6 Å². The molecule has 2 aromatic carbocycles. The van der Waals surface area contributed by atoms with E-state index in [4.69, 9.17) is 4.74 Å². The Hall–Kier alpha value is -2.95. The quantitative estimate of drug-likeness (QED) is 0.700. The van der Waals surface area contributed by atoms with Crippen LogP contribution in [0.15, 0.2) is 30.3 Å². The number of amides is 1. The molecule has 0 fully saturated rings. The third kappa shape index (κ3) is 4.25. The van der Waals surface area contributed by atoms with Gasteiger partial charge in [0.2, 0.25) is 5.88 Å². The molecule has 3 rings (SSSR count). The van der Waals surface area contributed by atoms with Gasteiger partial charge in [-0.2, -0.15) is 0 Å². The Morgan fingerprint density at radius 1 is 0.926 bits per heavy atom. The van der Waals surface area contributed by atoms with E-state index in [0.717, 1.165) is 39.9 Å². The number of fused-ring (bicyclic) bond motifs is 1. The lowest BCUT2D eigenvalue weighted by Gasteiger charge is -2.12. The lowest BCUT2D eigenvalue weighted by Crippen LogP contribution is -2.17. The van der Waals surface area contributed by atoms with Crippen molar-refractivity contribution < 1.29 is 9.53 Å². The number of hydrogen-bond acceptors (Lipinski definition) is 4. The third-order valence-corrected chi connectivity index (χ3v) is 4.39. The minimum Gasteiger partial charge on any atom is -0.476 e. The Morgan fingerprint density at radius 2 is 1.52 bits per heavy atom. The molecule has 0 atom stereocenters. The van der Waals surface area contributed by atoms with Crippen molar-refractivity contribution in [2.24, 2.45) is 0 Å². The zero-order chi connectivity index (χ0) is 19.6. The standard InChI is InChI=1S/C22H25N3O2/c1-6-7-27-22-20(21(26)23-17-9-13(2)8-14(3)10-17)24-18-11-15(4)16(5)12-19(18)25-22/h8-12H,6-7H2,1-5H3,(H,23,26). The number of carbonyl (C=O) groups excluding carboxylic acids is 1. The number of ether oxygens (including phenoxy) is 1. The summed E-state index contributed by atoms with van der Waals surface area (Å²) in [6, 6.07) is 9.85. The minimum atomic E-state index is -0.321. The van der Waals surface area contributed by atoms with Crippen LogP contribution in [-0.2, 0) is 0 Å². The van der Waals surface area contributed by atoms with E-state index in [1.165, 1.54) is 0 Å². The number of aromatic nitrogens is 2. The van der Waals surface area contributed by atoms with E-state index < -0.39 is 0 Å². The summed E-state index contributed by atoms with van der Waals surface area (Å²) in [5.74, 6) is -0.0480. The van der Waals surface area contributed by atoms with Crippen molar-refractivity contribution in [3.8, 4) is 5.88 Å². The fourth-order valence-corrected chi connectivity index (χ4v) is 2.98. The molecule has 0 saturated heterocycles. The maximum absolute atomic E-state index is 12.9. The summed E-state index contributed by atoms with van der Waals surface area (Å²) in [5, 5.41) is 2.93. The zero-order valence-corrected chi connectivity index (χ0v) is 16.5. The zero-order valence-electron chi connectivity index (χ0n) is 16.5. The maximum Gasteiger partial charge on any atom is 0.279 e.